The number of ether oxygens (including phenoxy) is 1. The van der Waals surface area contributed by atoms with E-state index in [0.717, 1.165) is 0 Å². The summed E-state index contributed by atoms with van der Waals surface area (Å²) < 4.78 is 47.4. The van der Waals surface area contributed by atoms with Gasteiger partial charge in [0, 0.05) is 19.2 Å². The highest BCUT2D eigenvalue weighted by Gasteiger charge is 2.51. The SMILES string of the molecule is CCC[S@@](=O)N(C)[C@@](Cc1ccccc1F)(C(=O)OCC)[C@@H](C)F. The van der Waals surface area contributed by atoms with Crippen molar-refractivity contribution in [1.82, 2.24) is 4.31 Å². The second-order valence-electron chi connectivity index (χ2n) is 5.55. The van der Waals surface area contributed by atoms with Crippen molar-refractivity contribution in [3.8, 4) is 0 Å². The Morgan fingerprint density at radius 3 is 2.50 bits per heavy atom. The topological polar surface area (TPSA) is 46.6 Å². The van der Waals surface area contributed by atoms with E-state index in [1.54, 1.807) is 13.0 Å². The maximum atomic E-state index is 14.7. The van der Waals surface area contributed by atoms with E-state index in [0.29, 0.717) is 6.42 Å². The van der Waals surface area contributed by atoms with Crippen LogP contribution < -0.4 is 0 Å². The molecule has 0 bridgehead atoms. The van der Waals surface area contributed by atoms with E-state index >= 15 is 0 Å². The van der Waals surface area contributed by atoms with E-state index in [-0.39, 0.29) is 24.3 Å². The van der Waals surface area contributed by atoms with Gasteiger partial charge in [-0.25, -0.2) is 22.1 Å². The molecule has 1 aromatic rings. The quantitative estimate of drug-likeness (QED) is 0.635. The molecule has 0 saturated heterocycles. The van der Waals surface area contributed by atoms with Crippen molar-refractivity contribution in [3.05, 3.63) is 35.6 Å². The van der Waals surface area contributed by atoms with Crippen LogP contribution in [0.4, 0.5) is 8.78 Å². The van der Waals surface area contributed by atoms with Crippen molar-refractivity contribution in [1.29, 1.82) is 0 Å². The molecule has 136 valence electrons. The van der Waals surface area contributed by atoms with Crippen LogP contribution >= 0.6 is 0 Å². The molecule has 0 fully saturated rings. The molecular weight excluding hydrogens is 336 g/mol. The van der Waals surface area contributed by atoms with Crippen molar-refractivity contribution >= 4 is 17.0 Å². The molecule has 0 heterocycles. The second-order valence-corrected chi connectivity index (χ2v) is 7.15. The number of carbonyl (C=O) groups excluding carboxylic acids is 1. The number of hydrogen-bond acceptors (Lipinski definition) is 3. The lowest BCUT2D eigenvalue weighted by molar-refractivity contribution is -0.157. The standard InChI is InChI=1S/C17H25F2NO3S/c1-5-11-24(22)20(4)17(13(3)18,16(21)23-6-2)12-14-9-7-8-10-15(14)19/h7-10,13H,5-6,11-12H2,1-4H3/t13-,17-,24-/m1/s1. The molecule has 0 unspecified atom stereocenters. The van der Waals surface area contributed by atoms with Crippen LogP contribution in [-0.2, 0) is 26.9 Å². The molecule has 3 atom stereocenters. The van der Waals surface area contributed by atoms with Crippen LogP contribution in [0.25, 0.3) is 0 Å². The maximum Gasteiger partial charge on any atom is 0.330 e. The van der Waals surface area contributed by atoms with Crippen molar-refractivity contribution < 1.29 is 22.5 Å². The molecule has 1 aromatic carbocycles. The zero-order chi connectivity index (χ0) is 18.3. The number of nitrogens with zero attached hydrogens (tertiary/aromatic N) is 1. The van der Waals surface area contributed by atoms with E-state index in [1.165, 1.54) is 36.5 Å². The van der Waals surface area contributed by atoms with E-state index in [4.69, 9.17) is 4.74 Å². The summed E-state index contributed by atoms with van der Waals surface area (Å²) in [7, 11) is -0.173. The number of benzene rings is 1. The van der Waals surface area contributed by atoms with E-state index in [2.05, 4.69) is 0 Å². The first-order valence-electron chi connectivity index (χ1n) is 7.98. The third-order valence-electron chi connectivity index (χ3n) is 3.95. The third kappa shape index (κ3) is 4.39. The monoisotopic (exact) mass is 361 g/mol. The molecule has 0 aliphatic heterocycles. The number of halogens is 2. The summed E-state index contributed by atoms with van der Waals surface area (Å²) in [5.74, 6) is -1.10. The lowest BCUT2D eigenvalue weighted by Gasteiger charge is -2.39. The van der Waals surface area contributed by atoms with Crippen LogP contribution in [0.5, 0.6) is 0 Å². The molecule has 7 heteroatoms. The van der Waals surface area contributed by atoms with Gasteiger partial charge in [-0.3, -0.25) is 0 Å². The normalized spacial score (nSPS) is 16.5. The van der Waals surface area contributed by atoms with Gasteiger partial charge in [0.1, 0.15) is 12.0 Å². The van der Waals surface area contributed by atoms with Gasteiger partial charge >= 0.3 is 5.97 Å². The minimum Gasteiger partial charge on any atom is -0.464 e. The largest absolute Gasteiger partial charge is 0.464 e. The first-order valence-corrected chi connectivity index (χ1v) is 9.25. The highest BCUT2D eigenvalue weighted by molar-refractivity contribution is 7.82. The fourth-order valence-electron chi connectivity index (χ4n) is 2.55. The number of rotatable bonds is 9. The first-order chi connectivity index (χ1) is 11.3. The predicted octanol–water partition coefficient (Wildman–Crippen LogP) is 3.03. The molecule has 0 radical (unpaired) electrons. The molecule has 4 nitrogen and oxygen atoms in total. The van der Waals surface area contributed by atoms with Crippen molar-refractivity contribution in [2.24, 2.45) is 0 Å². The molecule has 0 spiro atoms. The average molecular weight is 361 g/mol. The third-order valence-corrected chi connectivity index (χ3v) is 5.65. The van der Waals surface area contributed by atoms with E-state index in [1.807, 2.05) is 6.92 Å². The average Bonchev–Trinajstić information content (AvgIpc) is 2.53. The number of alkyl halides is 1. The van der Waals surface area contributed by atoms with Crippen molar-refractivity contribution in [3.63, 3.8) is 0 Å². The minimum absolute atomic E-state index is 0.0544. The molecule has 0 aromatic heterocycles. The van der Waals surface area contributed by atoms with Crippen molar-refractivity contribution in [2.45, 2.75) is 45.3 Å². The van der Waals surface area contributed by atoms with Crippen LogP contribution in [0.3, 0.4) is 0 Å². The lowest BCUT2D eigenvalue weighted by atomic mass is 9.86. The Morgan fingerprint density at radius 2 is 2.00 bits per heavy atom. The van der Waals surface area contributed by atoms with Gasteiger partial charge in [0.15, 0.2) is 5.54 Å². The number of esters is 1. The predicted molar refractivity (Wildman–Crippen MR) is 91.1 cm³/mol. The molecule has 0 amide bonds. The molecular formula is C17H25F2NO3S. The lowest BCUT2D eigenvalue weighted by Crippen LogP contribution is -2.61. The molecule has 0 N–H and O–H groups in total. The smallest absolute Gasteiger partial charge is 0.330 e. The number of likely N-dealkylation sites (N-methyl/N-ethyl adjacent to an activating group) is 1. The first kappa shape index (κ1) is 20.7. The number of carbonyl (C=O) groups is 1. The Labute approximate surface area is 144 Å². The Morgan fingerprint density at radius 1 is 1.38 bits per heavy atom. The highest BCUT2D eigenvalue weighted by Crippen LogP contribution is 2.30. The van der Waals surface area contributed by atoms with Gasteiger partial charge in [-0.1, -0.05) is 25.1 Å². The summed E-state index contributed by atoms with van der Waals surface area (Å²) in [5, 5.41) is 0. The molecule has 0 aliphatic carbocycles. The van der Waals surface area contributed by atoms with Crippen LogP contribution in [0, 0.1) is 5.82 Å². The zero-order valence-corrected chi connectivity index (χ0v) is 15.4. The van der Waals surface area contributed by atoms with Gasteiger partial charge in [0.2, 0.25) is 0 Å². The fraction of sp³-hybridized carbons (Fsp3) is 0.588. The van der Waals surface area contributed by atoms with Crippen LogP contribution in [-0.4, -0.2) is 45.6 Å². The molecule has 0 aliphatic rings. The summed E-state index contributed by atoms with van der Waals surface area (Å²) in [4.78, 5) is 12.6. The van der Waals surface area contributed by atoms with E-state index in [9.17, 15) is 17.8 Å². The Bertz CT molecular complexity index is 583. The van der Waals surface area contributed by atoms with Crippen LogP contribution in [0.2, 0.25) is 0 Å². The Hall–Kier alpha value is -1.34. The molecule has 24 heavy (non-hydrogen) atoms. The Balaban J connectivity index is 3.39. The highest BCUT2D eigenvalue weighted by atomic mass is 32.2. The Kier molecular flexibility index (Phi) is 7.96. The van der Waals surface area contributed by atoms with Gasteiger partial charge in [-0.05, 0) is 31.9 Å². The van der Waals surface area contributed by atoms with Gasteiger partial charge in [-0.2, -0.15) is 0 Å². The second kappa shape index (κ2) is 9.22. The summed E-state index contributed by atoms with van der Waals surface area (Å²) >= 11 is 0. The van der Waals surface area contributed by atoms with Gasteiger partial charge < -0.3 is 4.74 Å². The number of hydrogen-bond donors (Lipinski definition) is 0. The van der Waals surface area contributed by atoms with E-state index < -0.39 is 34.5 Å². The minimum atomic E-state index is -1.85. The van der Waals surface area contributed by atoms with Gasteiger partial charge in [0.05, 0.1) is 17.6 Å². The van der Waals surface area contributed by atoms with Crippen molar-refractivity contribution in [2.75, 3.05) is 19.4 Å². The fourth-order valence-corrected chi connectivity index (χ4v) is 3.82. The summed E-state index contributed by atoms with van der Waals surface area (Å²) in [6, 6.07) is 5.86. The summed E-state index contributed by atoms with van der Waals surface area (Å²) in [6.07, 6.45) is -1.36. The zero-order valence-electron chi connectivity index (χ0n) is 14.6. The maximum absolute atomic E-state index is 14.7. The van der Waals surface area contributed by atoms with Crippen LogP contribution in [0.15, 0.2) is 24.3 Å². The summed E-state index contributed by atoms with van der Waals surface area (Å²) in [6.45, 7) is 4.71. The van der Waals surface area contributed by atoms with Crippen LogP contribution in [0.1, 0.15) is 32.8 Å². The molecule has 1 rings (SSSR count). The van der Waals surface area contributed by atoms with Gasteiger partial charge in [-0.15, -0.1) is 0 Å². The molecule has 0 saturated carbocycles. The summed E-state index contributed by atoms with van der Waals surface area (Å²) in [5.41, 5.74) is -1.67. The van der Waals surface area contributed by atoms with Gasteiger partial charge in [0.25, 0.3) is 0 Å².